The molecule has 3 rings (SSSR count). The molecular formula is C19H20N4. The van der Waals surface area contributed by atoms with Crippen molar-refractivity contribution in [1.29, 1.82) is 5.26 Å². The molecule has 0 bridgehead atoms. The monoisotopic (exact) mass is 304 g/mol. The van der Waals surface area contributed by atoms with E-state index in [0.29, 0.717) is 6.42 Å². The number of hydrogen-bond donors (Lipinski definition) is 1. The first-order chi connectivity index (χ1) is 11.4. The van der Waals surface area contributed by atoms with E-state index in [1.54, 1.807) is 0 Å². The highest BCUT2D eigenvalue weighted by molar-refractivity contribution is 5.77. The van der Waals surface area contributed by atoms with Gasteiger partial charge in [-0.2, -0.15) is 5.26 Å². The van der Waals surface area contributed by atoms with Gasteiger partial charge in [0.25, 0.3) is 0 Å². The topological polar surface area (TPSA) is 53.6 Å². The van der Waals surface area contributed by atoms with Gasteiger partial charge in [-0.1, -0.05) is 24.3 Å². The minimum atomic E-state index is 0.648. The Bertz CT molecular complexity index is 796. The van der Waals surface area contributed by atoms with E-state index in [4.69, 9.17) is 5.26 Å². The van der Waals surface area contributed by atoms with E-state index in [1.807, 2.05) is 24.5 Å². The maximum Gasteiger partial charge on any atom is 0.100 e. The van der Waals surface area contributed by atoms with Gasteiger partial charge in [0.05, 0.1) is 17.1 Å². The summed E-state index contributed by atoms with van der Waals surface area (Å²) >= 11 is 0. The molecule has 0 amide bonds. The molecule has 116 valence electrons. The van der Waals surface area contributed by atoms with E-state index in [0.717, 1.165) is 42.7 Å². The number of benzene rings is 2. The minimum absolute atomic E-state index is 0.648. The van der Waals surface area contributed by atoms with Crippen molar-refractivity contribution in [2.75, 3.05) is 6.54 Å². The Morgan fingerprint density at radius 3 is 2.70 bits per heavy atom. The zero-order valence-corrected chi connectivity index (χ0v) is 13.1. The maximum atomic E-state index is 8.49. The van der Waals surface area contributed by atoms with Gasteiger partial charge >= 0.3 is 0 Å². The molecule has 0 saturated carbocycles. The molecule has 1 N–H and O–H groups in total. The zero-order valence-electron chi connectivity index (χ0n) is 13.1. The van der Waals surface area contributed by atoms with Crippen LogP contribution in [-0.4, -0.2) is 16.1 Å². The van der Waals surface area contributed by atoms with Gasteiger partial charge in [0.1, 0.15) is 6.33 Å². The average Bonchev–Trinajstić information content (AvgIpc) is 3.03. The number of aromatic nitrogens is 2. The molecule has 23 heavy (non-hydrogen) atoms. The molecule has 0 unspecified atom stereocenters. The number of unbranched alkanes of at least 4 members (excludes halogenated alkanes) is 2. The van der Waals surface area contributed by atoms with Crippen LogP contribution in [0.15, 0.2) is 54.9 Å². The second-order valence-corrected chi connectivity index (χ2v) is 5.56. The molecule has 0 atom stereocenters. The summed E-state index contributed by atoms with van der Waals surface area (Å²) in [6, 6.07) is 18.9. The molecule has 3 aromatic rings. The predicted molar refractivity (Wildman–Crippen MR) is 92.2 cm³/mol. The predicted octanol–water partition coefficient (Wildman–Crippen LogP) is 3.81. The molecule has 0 saturated heterocycles. The molecular weight excluding hydrogens is 284 g/mol. The molecule has 2 aromatic carbocycles. The lowest BCUT2D eigenvalue weighted by molar-refractivity contribution is 0.628. The average molecular weight is 304 g/mol. The fourth-order valence-electron chi connectivity index (χ4n) is 2.63. The summed E-state index contributed by atoms with van der Waals surface area (Å²) < 4.78 is 2.11. The Labute approximate surface area is 136 Å². The van der Waals surface area contributed by atoms with Gasteiger partial charge in [-0.15, -0.1) is 0 Å². The quantitative estimate of drug-likeness (QED) is 0.675. The molecule has 4 heteroatoms. The van der Waals surface area contributed by atoms with Crippen molar-refractivity contribution in [3.05, 3.63) is 60.4 Å². The highest BCUT2D eigenvalue weighted by Crippen LogP contribution is 2.18. The number of para-hydroxylation sites is 2. The van der Waals surface area contributed by atoms with Gasteiger partial charge in [-0.25, -0.2) is 4.98 Å². The number of imidazole rings is 1. The number of nitrogens with zero attached hydrogens (tertiary/aromatic N) is 3. The number of rotatable bonds is 7. The number of nitriles is 1. The summed E-state index contributed by atoms with van der Waals surface area (Å²) in [6.45, 7) is 1.81. The van der Waals surface area contributed by atoms with E-state index in [9.17, 15) is 0 Å². The normalized spacial score (nSPS) is 10.7. The Hall–Kier alpha value is -2.64. The highest BCUT2D eigenvalue weighted by atomic mass is 15.0. The largest absolute Gasteiger partial charge is 0.313 e. The van der Waals surface area contributed by atoms with Gasteiger partial charge in [0.15, 0.2) is 0 Å². The third-order valence-corrected chi connectivity index (χ3v) is 3.89. The fraction of sp³-hybridized carbons (Fsp3) is 0.263. The molecule has 0 radical (unpaired) electrons. The van der Waals surface area contributed by atoms with Gasteiger partial charge in [-0.3, -0.25) is 4.57 Å². The smallest absolute Gasteiger partial charge is 0.100 e. The van der Waals surface area contributed by atoms with Crippen LogP contribution in [0.3, 0.4) is 0 Å². The molecule has 0 fully saturated rings. The standard InChI is InChI=1S/C19H20N4/c20-12-4-1-5-13-21-14-16-8-10-17(11-9-16)23-15-22-18-6-2-3-7-19(18)23/h2-3,6-11,15,21H,1,4-5,13-14H2. The summed E-state index contributed by atoms with van der Waals surface area (Å²) in [6.07, 6.45) is 4.53. The van der Waals surface area contributed by atoms with Crippen molar-refractivity contribution in [3.8, 4) is 11.8 Å². The van der Waals surface area contributed by atoms with E-state index in [1.165, 1.54) is 5.56 Å². The van der Waals surface area contributed by atoms with Crippen LogP contribution in [0.4, 0.5) is 0 Å². The third-order valence-electron chi connectivity index (χ3n) is 3.89. The molecule has 1 aromatic heterocycles. The highest BCUT2D eigenvalue weighted by Gasteiger charge is 2.03. The Kier molecular flexibility index (Phi) is 5.02. The Morgan fingerprint density at radius 2 is 1.87 bits per heavy atom. The van der Waals surface area contributed by atoms with Crippen molar-refractivity contribution in [2.45, 2.75) is 25.8 Å². The Balaban J connectivity index is 1.60. The number of fused-ring (bicyclic) bond motifs is 1. The molecule has 0 aliphatic heterocycles. The lowest BCUT2D eigenvalue weighted by Crippen LogP contribution is -2.14. The van der Waals surface area contributed by atoms with Crippen LogP contribution in [0, 0.1) is 11.3 Å². The van der Waals surface area contributed by atoms with E-state index in [2.05, 4.69) is 51.3 Å². The van der Waals surface area contributed by atoms with Crippen LogP contribution in [0.1, 0.15) is 24.8 Å². The second-order valence-electron chi connectivity index (χ2n) is 5.56. The van der Waals surface area contributed by atoms with Crippen LogP contribution in [0.2, 0.25) is 0 Å². The summed E-state index contributed by atoms with van der Waals surface area (Å²) in [7, 11) is 0. The van der Waals surface area contributed by atoms with Crippen molar-refractivity contribution >= 4 is 11.0 Å². The van der Waals surface area contributed by atoms with Crippen LogP contribution in [0.5, 0.6) is 0 Å². The van der Waals surface area contributed by atoms with Gasteiger partial charge in [0.2, 0.25) is 0 Å². The SMILES string of the molecule is N#CCCCCNCc1ccc(-n2cnc3ccccc32)cc1. The third kappa shape index (κ3) is 3.77. The minimum Gasteiger partial charge on any atom is -0.313 e. The first-order valence-electron chi connectivity index (χ1n) is 7.97. The summed E-state index contributed by atoms with van der Waals surface area (Å²) in [5, 5.41) is 11.9. The van der Waals surface area contributed by atoms with Crippen LogP contribution in [0.25, 0.3) is 16.7 Å². The lowest BCUT2D eigenvalue weighted by Gasteiger charge is -2.07. The first-order valence-corrected chi connectivity index (χ1v) is 7.97. The zero-order chi connectivity index (χ0) is 15.9. The van der Waals surface area contributed by atoms with E-state index >= 15 is 0 Å². The maximum absolute atomic E-state index is 8.49. The number of nitrogens with one attached hydrogen (secondary N) is 1. The van der Waals surface area contributed by atoms with Gasteiger partial charge in [-0.05, 0) is 49.2 Å². The Morgan fingerprint density at radius 1 is 1.04 bits per heavy atom. The number of hydrogen-bond acceptors (Lipinski definition) is 3. The molecule has 4 nitrogen and oxygen atoms in total. The van der Waals surface area contributed by atoms with E-state index in [-0.39, 0.29) is 0 Å². The molecule has 0 spiro atoms. The summed E-state index contributed by atoms with van der Waals surface area (Å²) in [5.74, 6) is 0. The van der Waals surface area contributed by atoms with Crippen molar-refractivity contribution in [2.24, 2.45) is 0 Å². The second kappa shape index (κ2) is 7.57. The van der Waals surface area contributed by atoms with Gasteiger partial charge in [0, 0.05) is 18.7 Å². The fourth-order valence-corrected chi connectivity index (χ4v) is 2.63. The van der Waals surface area contributed by atoms with Crippen molar-refractivity contribution in [3.63, 3.8) is 0 Å². The first kappa shape index (κ1) is 15.3. The van der Waals surface area contributed by atoms with Crippen LogP contribution < -0.4 is 5.32 Å². The molecule has 0 aliphatic rings. The summed E-state index contributed by atoms with van der Waals surface area (Å²) in [5.41, 5.74) is 4.52. The van der Waals surface area contributed by atoms with Crippen molar-refractivity contribution in [1.82, 2.24) is 14.9 Å². The van der Waals surface area contributed by atoms with Gasteiger partial charge < -0.3 is 5.32 Å². The summed E-state index contributed by atoms with van der Waals surface area (Å²) in [4.78, 5) is 4.43. The van der Waals surface area contributed by atoms with Crippen molar-refractivity contribution < 1.29 is 0 Å². The molecule has 0 aliphatic carbocycles. The van der Waals surface area contributed by atoms with Crippen LogP contribution in [-0.2, 0) is 6.54 Å². The van der Waals surface area contributed by atoms with Crippen LogP contribution >= 0.6 is 0 Å². The van der Waals surface area contributed by atoms with E-state index < -0.39 is 0 Å². The molecule has 1 heterocycles. The lowest BCUT2D eigenvalue weighted by atomic mass is 10.2.